The molecule has 0 aliphatic carbocycles. The summed E-state index contributed by atoms with van der Waals surface area (Å²) in [4.78, 5) is 0. The van der Waals surface area contributed by atoms with Crippen LogP contribution < -0.4 is 5.73 Å². The van der Waals surface area contributed by atoms with E-state index in [-0.39, 0.29) is 0 Å². The van der Waals surface area contributed by atoms with Gasteiger partial charge in [-0.1, -0.05) is 50.3 Å². The topological polar surface area (TPSA) is 49.8 Å². The minimum atomic E-state index is 0.676. The summed E-state index contributed by atoms with van der Waals surface area (Å²) < 4.78 is 0. The maximum absolute atomic E-state index is 8.68. The fourth-order valence-corrected chi connectivity index (χ4v) is 1.47. The molecule has 0 aliphatic rings. The molecule has 0 bridgehead atoms. The van der Waals surface area contributed by atoms with E-state index in [2.05, 4.69) is 6.07 Å². The Morgan fingerprint density at radius 2 is 1.26 bits per heavy atom. The van der Waals surface area contributed by atoms with E-state index in [9.17, 15) is 0 Å². The van der Waals surface area contributed by atoms with Crippen LogP contribution in [-0.4, -0.2) is 0 Å². The number of nitrogen functional groups attached to an aromatic ring is 1. The summed E-state index contributed by atoms with van der Waals surface area (Å²) >= 11 is 0. The zero-order valence-corrected chi connectivity index (χ0v) is 11.3. The van der Waals surface area contributed by atoms with Crippen LogP contribution in [0.25, 0.3) is 12.2 Å². The highest BCUT2D eigenvalue weighted by Gasteiger charge is 1.90. The van der Waals surface area contributed by atoms with Crippen LogP contribution in [0.3, 0.4) is 0 Å². The number of hydrogen-bond donors (Lipinski definition) is 1. The number of nitrogens with zero attached hydrogens (tertiary/aromatic N) is 1. The molecular formula is C17H18N2. The van der Waals surface area contributed by atoms with Crippen molar-refractivity contribution in [2.75, 3.05) is 5.73 Å². The van der Waals surface area contributed by atoms with Crippen molar-refractivity contribution in [1.29, 1.82) is 5.26 Å². The molecule has 2 N–H and O–H groups in total. The minimum absolute atomic E-state index is 0.676. The molecule has 0 spiro atoms. The molecule has 2 aromatic rings. The standard InChI is InChI=1S/C15H12N2.C2H6/c16-11-14-5-3-12(4-6-14)1-2-13-7-9-15(17)10-8-13;1-2/h1-10H,17H2;1-2H3/b2-1+;. The maximum atomic E-state index is 8.68. The lowest BCUT2D eigenvalue weighted by molar-refractivity contribution is 1.48. The molecule has 2 nitrogen and oxygen atoms in total. The zero-order chi connectivity index (χ0) is 14.1. The van der Waals surface area contributed by atoms with Crippen LogP contribution in [0.2, 0.25) is 0 Å². The van der Waals surface area contributed by atoms with E-state index >= 15 is 0 Å². The van der Waals surface area contributed by atoms with E-state index in [0.29, 0.717) is 5.56 Å². The third-order valence-corrected chi connectivity index (χ3v) is 2.44. The molecule has 0 radical (unpaired) electrons. The first-order valence-corrected chi connectivity index (χ1v) is 6.32. The SMILES string of the molecule is CC.N#Cc1ccc(/C=C/c2ccc(N)cc2)cc1. The number of hydrogen-bond acceptors (Lipinski definition) is 2. The summed E-state index contributed by atoms with van der Waals surface area (Å²) in [5.74, 6) is 0. The Morgan fingerprint density at radius 1 is 0.842 bits per heavy atom. The Balaban J connectivity index is 0.000000861. The third-order valence-electron chi connectivity index (χ3n) is 2.44. The van der Waals surface area contributed by atoms with Crippen LogP contribution in [0.5, 0.6) is 0 Å². The molecule has 0 amide bonds. The predicted octanol–water partition coefficient (Wildman–Crippen LogP) is 4.34. The van der Waals surface area contributed by atoms with E-state index in [1.165, 1.54) is 0 Å². The van der Waals surface area contributed by atoms with Gasteiger partial charge in [-0.25, -0.2) is 0 Å². The Morgan fingerprint density at radius 3 is 1.68 bits per heavy atom. The van der Waals surface area contributed by atoms with Gasteiger partial charge in [-0.05, 0) is 35.4 Å². The largest absolute Gasteiger partial charge is 0.399 e. The monoisotopic (exact) mass is 250 g/mol. The average Bonchev–Trinajstić information content (AvgIpc) is 2.49. The molecule has 2 aromatic carbocycles. The Hall–Kier alpha value is -2.53. The van der Waals surface area contributed by atoms with Gasteiger partial charge >= 0.3 is 0 Å². The number of rotatable bonds is 2. The number of nitriles is 1. The smallest absolute Gasteiger partial charge is 0.0991 e. The lowest BCUT2D eigenvalue weighted by Crippen LogP contribution is -1.82. The highest BCUT2D eigenvalue weighted by atomic mass is 14.5. The first-order chi connectivity index (χ1) is 9.28. The summed E-state index contributed by atoms with van der Waals surface area (Å²) in [6.07, 6.45) is 4.02. The van der Waals surface area contributed by atoms with Gasteiger partial charge in [0.25, 0.3) is 0 Å². The normalized spacial score (nSPS) is 9.53. The fraction of sp³-hybridized carbons (Fsp3) is 0.118. The van der Waals surface area contributed by atoms with E-state index in [0.717, 1.165) is 16.8 Å². The summed E-state index contributed by atoms with van der Waals surface area (Å²) in [5, 5.41) is 8.68. The van der Waals surface area contributed by atoms with Gasteiger partial charge in [0.05, 0.1) is 11.6 Å². The van der Waals surface area contributed by atoms with Crippen LogP contribution >= 0.6 is 0 Å². The van der Waals surface area contributed by atoms with Gasteiger partial charge in [-0.3, -0.25) is 0 Å². The van der Waals surface area contributed by atoms with Gasteiger partial charge in [0.15, 0.2) is 0 Å². The van der Waals surface area contributed by atoms with E-state index < -0.39 is 0 Å². The first kappa shape index (κ1) is 14.5. The molecule has 19 heavy (non-hydrogen) atoms. The van der Waals surface area contributed by atoms with E-state index in [1.807, 2.05) is 74.5 Å². The van der Waals surface area contributed by atoms with E-state index in [1.54, 1.807) is 0 Å². The van der Waals surface area contributed by atoms with Crippen LogP contribution in [-0.2, 0) is 0 Å². The molecule has 0 atom stereocenters. The van der Waals surface area contributed by atoms with Crippen molar-refractivity contribution >= 4 is 17.8 Å². The van der Waals surface area contributed by atoms with Crippen molar-refractivity contribution in [1.82, 2.24) is 0 Å². The van der Waals surface area contributed by atoms with Gasteiger partial charge in [-0.15, -0.1) is 0 Å². The quantitative estimate of drug-likeness (QED) is 0.636. The number of nitrogens with two attached hydrogens (primary N) is 1. The molecule has 96 valence electrons. The van der Waals surface area contributed by atoms with E-state index in [4.69, 9.17) is 11.0 Å². The molecule has 0 heterocycles. The lowest BCUT2D eigenvalue weighted by Gasteiger charge is -1.96. The Kier molecular flexibility index (Phi) is 5.91. The second-order valence-corrected chi connectivity index (χ2v) is 3.73. The first-order valence-electron chi connectivity index (χ1n) is 6.32. The second kappa shape index (κ2) is 7.73. The van der Waals surface area contributed by atoms with Gasteiger partial charge in [0, 0.05) is 5.69 Å². The summed E-state index contributed by atoms with van der Waals surface area (Å²) in [5.41, 5.74) is 9.22. The molecule has 0 aliphatic heterocycles. The van der Waals surface area contributed by atoms with Crippen molar-refractivity contribution in [3.05, 3.63) is 65.2 Å². The second-order valence-electron chi connectivity index (χ2n) is 3.73. The summed E-state index contributed by atoms with van der Waals surface area (Å²) in [6, 6.07) is 17.2. The molecule has 0 aromatic heterocycles. The van der Waals surface area contributed by atoms with Crippen LogP contribution in [0.4, 0.5) is 5.69 Å². The predicted molar refractivity (Wildman–Crippen MR) is 82.3 cm³/mol. The highest BCUT2D eigenvalue weighted by Crippen LogP contribution is 2.11. The summed E-state index contributed by atoms with van der Waals surface area (Å²) in [7, 11) is 0. The minimum Gasteiger partial charge on any atom is -0.399 e. The fourth-order valence-electron chi connectivity index (χ4n) is 1.47. The highest BCUT2D eigenvalue weighted by molar-refractivity contribution is 5.70. The molecule has 0 unspecified atom stereocenters. The number of benzene rings is 2. The van der Waals surface area contributed by atoms with Crippen molar-refractivity contribution in [2.24, 2.45) is 0 Å². The Labute approximate surface area is 114 Å². The Bertz CT molecular complexity index is 558. The molecular weight excluding hydrogens is 232 g/mol. The number of anilines is 1. The van der Waals surface area contributed by atoms with Gasteiger partial charge < -0.3 is 5.73 Å². The maximum Gasteiger partial charge on any atom is 0.0991 e. The van der Waals surface area contributed by atoms with Crippen LogP contribution in [0, 0.1) is 11.3 Å². The molecule has 0 saturated carbocycles. The lowest BCUT2D eigenvalue weighted by atomic mass is 10.1. The molecule has 2 rings (SSSR count). The zero-order valence-electron chi connectivity index (χ0n) is 11.3. The van der Waals surface area contributed by atoms with Crippen LogP contribution in [0.1, 0.15) is 30.5 Å². The van der Waals surface area contributed by atoms with Gasteiger partial charge in [0.2, 0.25) is 0 Å². The van der Waals surface area contributed by atoms with Crippen molar-refractivity contribution < 1.29 is 0 Å². The van der Waals surface area contributed by atoms with Crippen molar-refractivity contribution in [2.45, 2.75) is 13.8 Å². The third kappa shape index (κ3) is 4.69. The van der Waals surface area contributed by atoms with Crippen molar-refractivity contribution in [3.8, 4) is 6.07 Å². The van der Waals surface area contributed by atoms with Crippen LogP contribution in [0.15, 0.2) is 48.5 Å². The molecule has 0 fully saturated rings. The summed E-state index contributed by atoms with van der Waals surface area (Å²) in [6.45, 7) is 4.00. The molecule has 0 saturated heterocycles. The molecule has 2 heteroatoms. The van der Waals surface area contributed by atoms with Gasteiger partial charge in [-0.2, -0.15) is 5.26 Å². The van der Waals surface area contributed by atoms with Crippen molar-refractivity contribution in [3.63, 3.8) is 0 Å². The van der Waals surface area contributed by atoms with Gasteiger partial charge in [0.1, 0.15) is 0 Å². The average molecular weight is 250 g/mol.